The second-order valence-corrected chi connectivity index (χ2v) is 7.95. The van der Waals surface area contributed by atoms with E-state index in [-0.39, 0.29) is 12.5 Å². The standard InChI is InChI=1S/C22H20BrNO2S/c1-16-13-19(11-12-21(16)23)26-14-22(25)24-18-9-7-17(8-10-18)15-27-20-5-3-2-4-6-20/h2-13H,14-15H2,1H3,(H,24,25). The quantitative estimate of drug-likeness (QED) is 0.452. The Morgan fingerprint density at radius 2 is 1.78 bits per heavy atom. The Bertz CT molecular complexity index is 898. The van der Waals surface area contributed by atoms with Crippen molar-refractivity contribution in [3.8, 4) is 5.75 Å². The lowest BCUT2D eigenvalue weighted by Crippen LogP contribution is -2.20. The van der Waals surface area contributed by atoms with E-state index in [1.54, 1.807) is 11.8 Å². The molecule has 3 rings (SSSR count). The normalized spacial score (nSPS) is 10.4. The van der Waals surface area contributed by atoms with Crippen LogP contribution in [0.5, 0.6) is 5.75 Å². The molecule has 0 atom stereocenters. The minimum Gasteiger partial charge on any atom is -0.484 e. The molecule has 0 heterocycles. The first kappa shape index (κ1) is 19.5. The number of benzene rings is 3. The van der Waals surface area contributed by atoms with E-state index in [0.29, 0.717) is 5.75 Å². The highest BCUT2D eigenvalue weighted by atomic mass is 79.9. The van der Waals surface area contributed by atoms with E-state index < -0.39 is 0 Å². The molecule has 0 aromatic heterocycles. The fourth-order valence-electron chi connectivity index (χ4n) is 2.42. The predicted molar refractivity (Wildman–Crippen MR) is 115 cm³/mol. The van der Waals surface area contributed by atoms with Crippen LogP contribution in [0.25, 0.3) is 0 Å². The number of anilines is 1. The molecule has 1 amide bonds. The van der Waals surface area contributed by atoms with Gasteiger partial charge in [0.15, 0.2) is 6.61 Å². The molecule has 0 radical (unpaired) electrons. The Morgan fingerprint density at radius 3 is 2.48 bits per heavy atom. The maximum absolute atomic E-state index is 12.1. The Kier molecular flexibility index (Phi) is 6.96. The predicted octanol–water partition coefficient (Wildman–Crippen LogP) is 6.07. The summed E-state index contributed by atoms with van der Waals surface area (Å²) in [6.45, 7) is 1.96. The SMILES string of the molecule is Cc1cc(OCC(=O)Nc2ccc(CSc3ccccc3)cc2)ccc1Br. The smallest absolute Gasteiger partial charge is 0.262 e. The van der Waals surface area contributed by atoms with Crippen molar-refractivity contribution in [3.05, 3.63) is 88.4 Å². The van der Waals surface area contributed by atoms with Crippen LogP contribution in [-0.2, 0) is 10.5 Å². The van der Waals surface area contributed by atoms with Crippen LogP contribution in [0, 0.1) is 6.92 Å². The highest BCUT2D eigenvalue weighted by Crippen LogP contribution is 2.23. The molecular formula is C22H20BrNO2S. The molecule has 3 aromatic carbocycles. The van der Waals surface area contributed by atoms with Gasteiger partial charge in [-0.1, -0.05) is 46.3 Å². The van der Waals surface area contributed by atoms with Crippen LogP contribution < -0.4 is 10.1 Å². The van der Waals surface area contributed by atoms with Crippen molar-refractivity contribution in [3.63, 3.8) is 0 Å². The summed E-state index contributed by atoms with van der Waals surface area (Å²) in [6.07, 6.45) is 0. The Balaban J connectivity index is 1.47. The fourth-order valence-corrected chi connectivity index (χ4v) is 3.54. The number of halogens is 1. The number of carbonyl (C=O) groups excluding carboxylic acids is 1. The van der Waals surface area contributed by atoms with E-state index in [9.17, 15) is 4.79 Å². The van der Waals surface area contributed by atoms with Crippen molar-refractivity contribution in [1.82, 2.24) is 0 Å². The molecule has 0 aliphatic heterocycles. The summed E-state index contributed by atoms with van der Waals surface area (Å²) < 4.78 is 6.57. The summed E-state index contributed by atoms with van der Waals surface area (Å²) >= 11 is 5.24. The minimum absolute atomic E-state index is 0.0211. The van der Waals surface area contributed by atoms with Gasteiger partial charge < -0.3 is 10.1 Å². The second kappa shape index (κ2) is 9.62. The molecular weight excluding hydrogens is 422 g/mol. The number of thioether (sulfide) groups is 1. The van der Waals surface area contributed by atoms with E-state index in [2.05, 4.69) is 33.4 Å². The van der Waals surface area contributed by atoms with E-state index in [1.165, 1.54) is 10.5 Å². The summed E-state index contributed by atoms with van der Waals surface area (Å²) in [4.78, 5) is 13.3. The lowest BCUT2D eigenvalue weighted by atomic mass is 10.2. The molecule has 0 fully saturated rings. The lowest BCUT2D eigenvalue weighted by Gasteiger charge is -2.09. The van der Waals surface area contributed by atoms with Crippen LogP contribution in [-0.4, -0.2) is 12.5 Å². The largest absolute Gasteiger partial charge is 0.484 e. The van der Waals surface area contributed by atoms with Crippen molar-refractivity contribution < 1.29 is 9.53 Å². The zero-order valence-electron chi connectivity index (χ0n) is 14.9. The Hall–Kier alpha value is -2.24. The van der Waals surface area contributed by atoms with Gasteiger partial charge in [0, 0.05) is 20.8 Å². The number of ether oxygens (including phenoxy) is 1. The molecule has 0 saturated heterocycles. The molecule has 0 unspecified atom stereocenters. The molecule has 1 N–H and O–H groups in total. The molecule has 5 heteroatoms. The molecule has 0 aliphatic rings. The van der Waals surface area contributed by atoms with Crippen LogP contribution in [0.2, 0.25) is 0 Å². The fraction of sp³-hybridized carbons (Fsp3) is 0.136. The first-order chi connectivity index (χ1) is 13.1. The van der Waals surface area contributed by atoms with E-state index in [1.807, 2.05) is 67.6 Å². The Labute approximate surface area is 172 Å². The lowest BCUT2D eigenvalue weighted by molar-refractivity contribution is -0.118. The van der Waals surface area contributed by atoms with Crippen molar-refractivity contribution in [1.29, 1.82) is 0 Å². The van der Waals surface area contributed by atoms with Crippen molar-refractivity contribution >= 4 is 39.3 Å². The summed E-state index contributed by atoms with van der Waals surface area (Å²) in [7, 11) is 0. The third kappa shape index (κ3) is 6.15. The minimum atomic E-state index is -0.179. The van der Waals surface area contributed by atoms with Crippen LogP contribution in [0.1, 0.15) is 11.1 Å². The average molecular weight is 442 g/mol. The van der Waals surface area contributed by atoms with Crippen LogP contribution >= 0.6 is 27.7 Å². The number of hydrogen-bond donors (Lipinski definition) is 1. The van der Waals surface area contributed by atoms with Gasteiger partial charge in [-0.2, -0.15) is 0 Å². The highest BCUT2D eigenvalue weighted by molar-refractivity contribution is 9.10. The monoisotopic (exact) mass is 441 g/mol. The van der Waals surface area contributed by atoms with Gasteiger partial charge in [-0.3, -0.25) is 4.79 Å². The zero-order chi connectivity index (χ0) is 19.1. The van der Waals surface area contributed by atoms with Crippen molar-refractivity contribution in [2.45, 2.75) is 17.6 Å². The number of hydrogen-bond acceptors (Lipinski definition) is 3. The van der Waals surface area contributed by atoms with Crippen LogP contribution in [0.4, 0.5) is 5.69 Å². The van der Waals surface area contributed by atoms with Gasteiger partial charge >= 0.3 is 0 Å². The first-order valence-corrected chi connectivity index (χ1v) is 10.3. The van der Waals surface area contributed by atoms with Gasteiger partial charge in [-0.15, -0.1) is 11.8 Å². The molecule has 0 aliphatic carbocycles. The van der Waals surface area contributed by atoms with Crippen LogP contribution in [0.15, 0.2) is 82.2 Å². The topological polar surface area (TPSA) is 38.3 Å². The van der Waals surface area contributed by atoms with Gasteiger partial charge in [0.2, 0.25) is 0 Å². The highest BCUT2D eigenvalue weighted by Gasteiger charge is 2.05. The third-order valence-corrected chi connectivity index (χ3v) is 5.86. The maximum Gasteiger partial charge on any atom is 0.262 e. The number of carbonyl (C=O) groups is 1. The number of aryl methyl sites for hydroxylation is 1. The summed E-state index contributed by atoms with van der Waals surface area (Å²) in [5, 5.41) is 2.86. The van der Waals surface area contributed by atoms with Crippen molar-refractivity contribution in [2.75, 3.05) is 11.9 Å². The van der Waals surface area contributed by atoms with Gasteiger partial charge in [0.05, 0.1) is 0 Å². The van der Waals surface area contributed by atoms with Gasteiger partial charge in [0.25, 0.3) is 5.91 Å². The maximum atomic E-state index is 12.1. The van der Waals surface area contributed by atoms with E-state index in [4.69, 9.17) is 4.74 Å². The third-order valence-electron chi connectivity index (χ3n) is 3.89. The van der Waals surface area contributed by atoms with Crippen LogP contribution in [0.3, 0.4) is 0 Å². The number of amides is 1. The average Bonchev–Trinajstić information content (AvgIpc) is 2.69. The molecule has 27 heavy (non-hydrogen) atoms. The van der Waals surface area contributed by atoms with Gasteiger partial charge in [0.1, 0.15) is 5.75 Å². The zero-order valence-corrected chi connectivity index (χ0v) is 17.3. The molecule has 0 bridgehead atoms. The molecule has 3 aromatic rings. The number of nitrogens with one attached hydrogen (secondary N) is 1. The molecule has 0 spiro atoms. The summed E-state index contributed by atoms with van der Waals surface area (Å²) in [5.74, 6) is 1.39. The van der Waals surface area contributed by atoms with Gasteiger partial charge in [-0.25, -0.2) is 0 Å². The first-order valence-electron chi connectivity index (χ1n) is 8.56. The molecule has 138 valence electrons. The summed E-state index contributed by atoms with van der Waals surface area (Å²) in [5.41, 5.74) is 3.05. The van der Waals surface area contributed by atoms with Gasteiger partial charge in [-0.05, 0) is 60.5 Å². The van der Waals surface area contributed by atoms with Crippen molar-refractivity contribution in [2.24, 2.45) is 0 Å². The van der Waals surface area contributed by atoms with E-state index >= 15 is 0 Å². The van der Waals surface area contributed by atoms with E-state index in [0.717, 1.165) is 21.5 Å². The summed E-state index contributed by atoms with van der Waals surface area (Å²) in [6, 6.07) is 23.9. The molecule has 0 saturated carbocycles. The molecule has 3 nitrogen and oxygen atoms in total. The Morgan fingerprint density at radius 1 is 1.04 bits per heavy atom. The number of rotatable bonds is 7. The second-order valence-electron chi connectivity index (χ2n) is 6.05.